The largest absolute Gasteiger partial charge is 0.360 e. The van der Waals surface area contributed by atoms with Gasteiger partial charge < -0.3 is 14.7 Å². The number of carbonyl (C=O) groups is 2. The average Bonchev–Trinajstić information content (AvgIpc) is 3.19. The summed E-state index contributed by atoms with van der Waals surface area (Å²) < 4.78 is 33.9. The highest BCUT2D eigenvalue weighted by molar-refractivity contribution is 7.89. The predicted octanol–water partition coefficient (Wildman–Crippen LogP) is 4.25. The first-order chi connectivity index (χ1) is 18.8. The van der Waals surface area contributed by atoms with Crippen LogP contribution in [0.1, 0.15) is 42.8 Å². The average molecular weight is 607 g/mol. The monoisotopic (exact) mass is 605 g/mol. The van der Waals surface area contributed by atoms with Crippen LogP contribution < -0.4 is 14.9 Å². The van der Waals surface area contributed by atoms with Gasteiger partial charge in [0.2, 0.25) is 22.1 Å². The van der Waals surface area contributed by atoms with Crippen molar-refractivity contribution in [3.63, 3.8) is 0 Å². The van der Waals surface area contributed by atoms with E-state index in [1.165, 1.54) is 18.7 Å². The minimum atomic E-state index is -4.17. The molecule has 0 saturated carbocycles. The second kappa shape index (κ2) is 11.7. The number of benzodiazepines with no additional fused rings is 1. The van der Waals surface area contributed by atoms with Crippen LogP contribution in [0.15, 0.2) is 56.9 Å². The quantitative estimate of drug-likeness (QED) is 0.394. The van der Waals surface area contributed by atoms with Crippen molar-refractivity contribution in [2.45, 2.75) is 51.2 Å². The minimum Gasteiger partial charge on any atom is -0.360 e. The molecule has 2 unspecified atom stereocenters. The number of likely N-dealkylation sites (N-methyl/N-ethyl adjacent to an activating group) is 1. The number of halogens is 2. The van der Waals surface area contributed by atoms with Gasteiger partial charge in [-0.05, 0) is 56.5 Å². The minimum absolute atomic E-state index is 0.0600. The Morgan fingerprint density at radius 2 is 1.75 bits per heavy atom. The lowest BCUT2D eigenvalue weighted by molar-refractivity contribution is -0.128. The molecule has 3 aromatic rings. The van der Waals surface area contributed by atoms with Crippen molar-refractivity contribution in [3.05, 3.63) is 75.1 Å². The number of aromatic nitrogens is 1. The van der Waals surface area contributed by atoms with Gasteiger partial charge in [-0.15, -0.1) is 0 Å². The van der Waals surface area contributed by atoms with Gasteiger partial charge in [0, 0.05) is 28.2 Å². The Balaban J connectivity index is 1.73. The summed E-state index contributed by atoms with van der Waals surface area (Å²) in [7, 11) is -2.60. The number of hydrogen-bond acceptors (Lipinski definition) is 7. The molecular weight excluding hydrogens is 577 g/mol. The molecule has 40 heavy (non-hydrogen) atoms. The molecular formula is C27H29Cl2N5O5S. The Morgan fingerprint density at radius 1 is 1.10 bits per heavy atom. The molecule has 1 aliphatic rings. The standard InChI is InChI=1S/C27H29Cl2N5O5S/c1-14(2)12-21(33-40(37,38)24-15(3)32-39-16(24)4)26(35)31-25-27(36)34(5)22-11-10-19(29)13-20(22)23(30-25)17-6-8-18(28)9-7-17/h6-11,13-14,21,25,33H,12H2,1-5H3,(H,31,35). The molecule has 0 saturated heterocycles. The van der Waals surface area contributed by atoms with E-state index in [9.17, 15) is 18.0 Å². The first-order valence-electron chi connectivity index (χ1n) is 12.4. The van der Waals surface area contributed by atoms with Crippen molar-refractivity contribution < 1.29 is 22.5 Å². The van der Waals surface area contributed by atoms with E-state index in [4.69, 9.17) is 27.7 Å². The number of aliphatic imine (C=N–C) groups is 1. The zero-order valence-corrected chi connectivity index (χ0v) is 24.9. The van der Waals surface area contributed by atoms with Crippen molar-refractivity contribution >= 4 is 56.4 Å². The summed E-state index contributed by atoms with van der Waals surface area (Å²) in [6.07, 6.45) is -1.19. The molecule has 0 spiro atoms. The summed E-state index contributed by atoms with van der Waals surface area (Å²) in [6, 6.07) is 10.7. The zero-order valence-electron chi connectivity index (χ0n) is 22.5. The SMILES string of the molecule is Cc1noc(C)c1S(=O)(=O)NC(CC(C)C)C(=O)NC1N=C(c2ccc(Cl)cc2)c2cc(Cl)ccc2N(C)C1=O. The number of rotatable bonds is 8. The lowest BCUT2D eigenvalue weighted by Crippen LogP contribution is -2.53. The van der Waals surface area contributed by atoms with Crippen LogP contribution >= 0.6 is 23.2 Å². The van der Waals surface area contributed by atoms with Gasteiger partial charge in [0.05, 0.1) is 11.4 Å². The number of fused-ring (bicyclic) bond motifs is 1. The van der Waals surface area contributed by atoms with E-state index >= 15 is 0 Å². The molecule has 2 amide bonds. The van der Waals surface area contributed by atoms with E-state index in [1.807, 2.05) is 13.8 Å². The molecule has 2 heterocycles. The van der Waals surface area contributed by atoms with E-state index in [-0.39, 0.29) is 28.7 Å². The maximum absolute atomic E-state index is 13.6. The number of nitrogens with zero attached hydrogens (tertiary/aromatic N) is 3. The van der Waals surface area contributed by atoms with E-state index in [2.05, 4.69) is 20.2 Å². The Morgan fingerprint density at radius 3 is 2.35 bits per heavy atom. The molecule has 2 atom stereocenters. The second-order valence-electron chi connectivity index (χ2n) is 9.91. The number of amides is 2. The summed E-state index contributed by atoms with van der Waals surface area (Å²) in [5, 5.41) is 7.32. The molecule has 1 aliphatic heterocycles. The molecule has 4 rings (SSSR count). The Kier molecular flexibility index (Phi) is 8.69. The molecule has 2 N–H and O–H groups in total. The fourth-order valence-electron chi connectivity index (χ4n) is 4.50. The fourth-order valence-corrected chi connectivity index (χ4v) is 6.33. The molecule has 0 bridgehead atoms. The Bertz CT molecular complexity index is 1570. The first-order valence-corrected chi connectivity index (χ1v) is 14.7. The molecule has 1 aromatic heterocycles. The highest BCUT2D eigenvalue weighted by Gasteiger charge is 2.35. The van der Waals surface area contributed by atoms with Crippen molar-refractivity contribution in [1.29, 1.82) is 0 Å². The smallest absolute Gasteiger partial charge is 0.272 e. The third-order valence-electron chi connectivity index (χ3n) is 6.35. The van der Waals surface area contributed by atoms with E-state index in [0.717, 1.165) is 0 Å². The fraction of sp³-hybridized carbons (Fsp3) is 0.333. The summed E-state index contributed by atoms with van der Waals surface area (Å²) in [5.74, 6) is -1.19. The van der Waals surface area contributed by atoms with Crippen LogP contribution in [0.2, 0.25) is 10.0 Å². The number of carbonyl (C=O) groups excluding carboxylic acids is 2. The summed E-state index contributed by atoms with van der Waals surface area (Å²) in [4.78, 5) is 33.1. The van der Waals surface area contributed by atoms with Gasteiger partial charge in [0.1, 0.15) is 16.6 Å². The number of anilines is 1. The van der Waals surface area contributed by atoms with Crippen molar-refractivity contribution in [2.75, 3.05) is 11.9 Å². The molecule has 0 fully saturated rings. The van der Waals surface area contributed by atoms with Gasteiger partial charge in [-0.3, -0.25) is 9.59 Å². The normalized spacial score (nSPS) is 16.4. The van der Waals surface area contributed by atoms with Crippen LogP contribution in [-0.2, 0) is 19.6 Å². The highest BCUT2D eigenvalue weighted by Crippen LogP contribution is 2.30. The summed E-state index contributed by atoms with van der Waals surface area (Å²) in [6.45, 7) is 6.68. The number of nitrogens with one attached hydrogen (secondary N) is 2. The summed E-state index contributed by atoms with van der Waals surface area (Å²) in [5.41, 5.74) is 2.35. The predicted molar refractivity (Wildman–Crippen MR) is 153 cm³/mol. The molecule has 0 radical (unpaired) electrons. The van der Waals surface area contributed by atoms with E-state index in [0.29, 0.717) is 32.6 Å². The van der Waals surface area contributed by atoms with Gasteiger partial charge in [-0.1, -0.05) is 54.3 Å². The number of aryl methyl sites for hydroxylation is 2. The zero-order chi connectivity index (χ0) is 29.4. The number of benzene rings is 2. The molecule has 212 valence electrons. The molecule has 10 nitrogen and oxygen atoms in total. The van der Waals surface area contributed by atoms with E-state index < -0.39 is 34.0 Å². The van der Waals surface area contributed by atoms with Crippen LogP contribution in [0.3, 0.4) is 0 Å². The van der Waals surface area contributed by atoms with Crippen LogP contribution in [0, 0.1) is 19.8 Å². The van der Waals surface area contributed by atoms with Gasteiger partial charge in [-0.2, -0.15) is 4.72 Å². The number of sulfonamides is 1. The van der Waals surface area contributed by atoms with Crippen LogP contribution in [-0.4, -0.2) is 50.4 Å². The maximum Gasteiger partial charge on any atom is 0.272 e. The van der Waals surface area contributed by atoms with Crippen molar-refractivity contribution in [3.8, 4) is 0 Å². The van der Waals surface area contributed by atoms with Crippen molar-refractivity contribution in [1.82, 2.24) is 15.2 Å². The Labute approximate surface area is 242 Å². The lowest BCUT2D eigenvalue weighted by Gasteiger charge is -2.24. The lowest BCUT2D eigenvalue weighted by atomic mass is 10.0. The first kappa shape index (κ1) is 29.7. The maximum atomic E-state index is 13.6. The van der Waals surface area contributed by atoms with Crippen LogP contribution in [0.5, 0.6) is 0 Å². The summed E-state index contributed by atoms with van der Waals surface area (Å²) >= 11 is 12.4. The van der Waals surface area contributed by atoms with E-state index in [1.54, 1.807) is 49.5 Å². The van der Waals surface area contributed by atoms with Crippen molar-refractivity contribution in [2.24, 2.45) is 10.9 Å². The van der Waals surface area contributed by atoms with Gasteiger partial charge in [0.15, 0.2) is 5.76 Å². The van der Waals surface area contributed by atoms with Crippen LogP contribution in [0.4, 0.5) is 5.69 Å². The molecule has 0 aliphatic carbocycles. The van der Waals surface area contributed by atoms with Gasteiger partial charge in [-0.25, -0.2) is 13.4 Å². The van der Waals surface area contributed by atoms with Gasteiger partial charge >= 0.3 is 0 Å². The Hall–Kier alpha value is -3.25. The third-order valence-corrected chi connectivity index (χ3v) is 8.55. The topological polar surface area (TPSA) is 134 Å². The third kappa shape index (κ3) is 6.22. The molecule has 2 aromatic carbocycles. The molecule has 13 heteroatoms. The van der Waals surface area contributed by atoms with Crippen LogP contribution in [0.25, 0.3) is 0 Å². The number of hydrogen-bond donors (Lipinski definition) is 2. The highest BCUT2D eigenvalue weighted by atomic mass is 35.5. The second-order valence-corrected chi connectivity index (χ2v) is 12.4. The van der Waals surface area contributed by atoms with Gasteiger partial charge in [0.25, 0.3) is 5.91 Å².